The third-order valence-corrected chi connectivity index (χ3v) is 7.72. The van der Waals surface area contributed by atoms with Crippen molar-refractivity contribution >= 4 is 46.8 Å². The van der Waals surface area contributed by atoms with E-state index in [9.17, 15) is 9.59 Å². The summed E-state index contributed by atoms with van der Waals surface area (Å²) in [6, 6.07) is 13.1. The van der Waals surface area contributed by atoms with Crippen molar-refractivity contribution in [1.82, 2.24) is 9.80 Å². The van der Waals surface area contributed by atoms with E-state index in [1.165, 1.54) is 0 Å². The molecule has 0 aliphatic carbocycles. The average Bonchev–Trinajstić information content (AvgIpc) is 2.84. The lowest BCUT2D eigenvalue weighted by Gasteiger charge is -2.35. The number of rotatable bonds is 5. The van der Waals surface area contributed by atoms with Gasteiger partial charge in [0.05, 0.1) is 18.2 Å². The lowest BCUT2D eigenvalue weighted by Crippen LogP contribution is -2.47. The van der Waals surface area contributed by atoms with E-state index in [1.807, 2.05) is 40.1 Å². The van der Waals surface area contributed by atoms with E-state index in [2.05, 4.69) is 0 Å². The molecular weight excluding hydrogens is 467 g/mol. The summed E-state index contributed by atoms with van der Waals surface area (Å²) in [5, 5.41) is 1.32. The first kappa shape index (κ1) is 23.4. The fourth-order valence-corrected chi connectivity index (χ4v) is 5.53. The SMILES string of the molecule is O=C(c1cccc(CSc2cc(Cl)ccc2Cl)c1)N1CCC(C(=O)N2CCOCC2)CC1. The molecule has 0 unspecified atom stereocenters. The van der Waals surface area contributed by atoms with Gasteiger partial charge in [0.15, 0.2) is 0 Å². The second kappa shape index (κ2) is 10.9. The molecule has 2 aromatic carbocycles. The molecule has 2 fully saturated rings. The summed E-state index contributed by atoms with van der Waals surface area (Å²) in [7, 11) is 0. The maximum Gasteiger partial charge on any atom is 0.253 e. The zero-order chi connectivity index (χ0) is 22.5. The predicted molar refractivity (Wildman–Crippen MR) is 128 cm³/mol. The number of thioether (sulfide) groups is 1. The average molecular weight is 493 g/mol. The van der Waals surface area contributed by atoms with E-state index in [0.717, 1.165) is 10.5 Å². The van der Waals surface area contributed by atoms with Crippen molar-refractivity contribution < 1.29 is 14.3 Å². The van der Waals surface area contributed by atoms with Crippen molar-refractivity contribution in [3.05, 3.63) is 63.6 Å². The van der Waals surface area contributed by atoms with Gasteiger partial charge >= 0.3 is 0 Å². The van der Waals surface area contributed by atoms with Crippen molar-refractivity contribution in [2.24, 2.45) is 5.92 Å². The molecule has 2 aliphatic heterocycles. The molecule has 2 aliphatic rings. The molecule has 0 N–H and O–H groups in total. The van der Waals surface area contributed by atoms with Crippen molar-refractivity contribution in [2.45, 2.75) is 23.5 Å². The number of halogens is 2. The Hall–Kier alpha value is -1.73. The first-order valence-electron chi connectivity index (χ1n) is 10.8. The van der Waals surface area contributed by atoms with Gasteiger partial charge in [-0.05, 0) is 48.7 Å². The van der Waals surface area contributed by atoms with Crippen LogP contribution < -0.4 is 0 Å². The van der Waals surface area contributed by atoms with Gasteiger partial charge in [-0.25, -0.2) is 0 Å². The maximum absolute atomic E-state index is 13.1. The van der Waals surface area contributed by atoms with E-state index in [1.54, 1.807) is 23.9 Å². The second-order valence-electron chi connectivity index (χ2n) is 8.07. The number of morpholine rings is 1. The third-order valence-electron chi connectivity index (χ3n) is 5.92. The van der Waals surface area contributed by atoms with Gasteiger partial charge in [-0.1, -0.05) is 35.3 Å². The van der Waals surface area contributed by atoms with E-state index in [0.29, 0.717) is 73.6 Å². The zero-order valence-electron chi connectivity index (χ0n) is 17.8. The fourth-order valence-electron chi connectivity index (χ4n) is 4.10. The van der Waals surface area contributed by atoms with Gasteiger partial charge in [0.1, 0.15) is 0 Å². The highest BCUT2D eigenvalue weighted by molar-refractivity contribution is 7.98. The number of piperidine rings is 1. The first-order valence-corrected chi connectivity index (χ1v) is 12.6. The third kappa shape index (κ3) is 5.79. The minimum Gasteiger partial charge on any atom is -0.378 e. The molecule has 4 rings (SSSR count). The highest BCUT2D eigenvalue weighted by atomic mass is 35.5. The Balaban J connectivity index is 1.33. The van der Waals surface area contributed by atoms with Gasteiger partial charge in [0.25, 0.3) is 5.91 Å². The van der Waals surface area contributed by atoms with Crippen LogP contribution in [0.25, 0.3) is 0 Å². The Labute approximate surface area is 203 Å². The Morgan fingerprint density at radius 1 is 0.969 bits per heavy atom. The second-order valence-corrected chi connectivity index (χ2v) is 9.93. The minimum absolute atomic E-state index is 0.00216. The van der Waals surface area contributed by atoms with Gasteiger partial charge in [-0.3, -0.25) is 9.59 Å². The molecule has 32 heavy (non-hydrogen) atoms. The number of hydrogen-bond acceptors (Lipinski definition) is 4. The van der Waals surface area contributed by atoms with Crippen LogP contribution >= 0.6 is 35.0 Å². The Morgan fingerprint density at radius 2 is 1.72 bits per heavy atom. The number of benzene rings is 2. The van der Waals surface area contributed by atoms with Crippen molar-refractivity contribution in [3.8, 4) is 0 Å². The predicted octanol–water partition coefficient (Wildman–Crippen LogP) is 5.00. The Morgan fingerprint density at radius 3 is 2.47 bits per heavy atom. The highest BCUT2D eigenvalue weighted by Crippen LogP contribution is 2.32. The van der Waals surface area contributed by atoms with Gasteiger partial charge < -0.3 is 14.5 Å². The number of carbonyl (C=O) groups excluding carboxylic acids is 2. The molecule has 0 spiro atoms. The van der Waals surface area contributed by atoms with Gasteiger partial charge in [-0.15, -0.1) is 11.8 Å². The molecule has 0 atom stereocenters. The number of carbonyl (C=O) groups is 2. The van der Waals surface area contributed by atoms with Crippen LogP contribution in [0.1, 0.15) is 28.8 Å². The van der Waals surface area contributed by atoms with E-state index in [4.69, 9.17) is 27.9 Å². The molecule has 2 amide bonds. The highest BCUT2D eigenvalue weighted by Gasteiger charge is 2.31. The molecule has 0 bridgehead atoms. The maximum atomic E-state index is 13.1. The summed E-state index contributed by atoms with van der Waals surface area (Å²) < 4.78 is 5.34. The summed E-state index contributed by atoms with van der Waals surface area (Å²) in [6.07, 6.45) is 1.43. The van der Waals surface area contributed by atoms with Gasteiger partial charge in [0.2, 0.25) is 5.91 Å². The number of likely N-dealkylation sites (tertiary alicyclic amines) is 1. The minimum atomic E-state index is 0.00216. The van der Waals surface area contributed by atoms with Crippen molar-refractivity contribution in [1.29, 1.82) is 0 Å². The number of ether oxygens (including phenoxy) is 1. The Bertz CT molecular complexity index is 973. The molecule has 2 heterocycles. The summed E-state index contributed by atoms with van der Waals surface area (Å²) in [4.78, 5) is 30.5. The van der Waals surface area contributed by atoms with Crippen LogP contribution in [0, 0.1) is 5.92 Å². The lowest BCUT2D eigenvalue weighted by molar-refractivity contribution is -0.141. The molecule has 5 nitrogen and oxygen atoms in total. The van der Waals surface area contributed by atoms with E-state index in [-0.39, 0.29) is 17.7 Å². The summed E-state index contributed by atoms with van der Waals surface area (Å²) in [5.41, 5.74) is 1.73. The van der Waals surface area contributed by atoms with E-state index < -0.39 is 0 Å². The number of hydrogen-bond donors (Lipinski definition) is 0. The van der Waals surface area contributed by atoms with Crippen LogP contribution in [0.5, 0.6) is 0 Å². The topological polar surface area (TPSA) is 49.9 Å². The van der Waals surface area contributed by atoms with Crippen LogP contribution in [0.3, 0.4) is 0 Å². The molecule has 2 saturated heterocycles. The van der Waals surface area contributed by atoms with Crippen LogP contribution in [-0.2, 0) is 15.3 Å². The van der Waals surface area contributed by atoms with E-state index >= 15 is 0 Å². The van der Waals surface area contributed by atoms with Crippen molar-refractivity contribution in [2.75, 3.05) is 39.4 Å². The molecule has 2 aromatic rings. The van der Waals surface area contributed by atoms with Gasteiger partial charge in [-0.2, -0.15) is 0 Å². The smallest absolute Gasteiger partial charge is 0.253 e. The largest absolute Gasteiger partial charge is 0.378 e. The molecular formula is C24H26Cl2N2O3S. The van der Waals surface area contributed by atoms with Crippen LogP contribution in [-0.4, -0.2) is 61.0 Å². The fraction of sp³-hybridized carbons (Fsp3) is 0.417. The zero-order valence-corrected chi connectivity index (χ0v) is 20.1. The van der Waals surface area contributed by atoms with Crippen LogP contribution in [0.15, 0.2) is 47.4 Å². The molecule has 0 saturated carbocycles. The van der Waals surface area contributed by atoms with Gasteiger partial charge in [0, 0.05) is 53.3 Å². The van der Waals surface area contributed by atoms with Crippen molar-refractivity contribution in [3.63, 3.8) is 0 Å². The summed E-state index contributed by atoms with van der Waals surface area (Å²) in [6.45, 7) is 3.78. The molecule has 0 radical (unpaired) electrons. The standard InChI is InChI=1S/C24H26Cl2N2O3S/c25-20-4-5-21(26)22(15-20)32-16-17-2-1-3-19(14-17)24(30)27-8-6-18(7-9-27)23(29)28-10-12-31-13-11-28/h1-5,14-15,18H,6-13,16H2. The first-order chi connectivity index (χ1) is 15.5. The summed E-state index contributed by atoms with van der Waals surface area (Å²) >= 11 is 13.9. The number of nitrogens with zero attached hydrogens (tertiary/aromatic N) is 2. The quantitative estimate of drug-likeness (QED) is 0.551. The monoisotopic (exact) mass is 492 g/mol. The molecule has 170 valence electrons. The Kier molecular flexibility index (Phi) is 8.00. The normalized spacial score (nSPS) is 17.4. The summed E-state index contributed by atoms with van der Waals surface area (Å²) in [5.74, 6) is 0.924. The number of amides is 2. The van der Waals surface area contributed by atoms with Crippen LogP contribution in [0.2, 0.25) is 10.0 Å². The molecule has 0 aromatic heterocycles. The lowest BCUT2D eigenvalue weighted by atomic mass is 9.94. The van der Waals surface area contributed by atoms with Crippen LogP contribution in [0.4, 0.5) is 0 Å². The molecule has 8 heteroatoms.